The van der Waals surface area contributed by atoms with E-state index in [0.29, 0.717) is 11.3 Å². The summed E-state index contributed by atoms with van der Waals surface area (Å²) >= 11 is 0. The summed E-state index contributed by atoms with van der Waals surface area (Å²) in [5.41, 5.74) is 2.73. The predicted molar refractivity (Wildman–Crippen MR) is 75.0 cm³/mol. The second kappa shape index (κ2) is 4.96. The van der Waals surface area contributed by atoms with Gasteiger partial charge >= 0.3 is 0 Å². The maximum Gasteiger partial charge on any atom is 0.195 e. The van der Waals surface area contributed by atoms with Crippen LogP contribution in [0.5, 0.6) is 5.75 Å². The first-order valence-corrected chi connectivity index (χ1v) is 6.44. The van der Waals surface area contributed by atoms with Crippen molar-refractivity contribution in [2.24, 2.45) is 0 Å². The molecule has 0 bridgehead atoms. The zero-order chi connectivity index (χ0) is 14.1. The number of ether oxygens (including phenoxy) is 1. The van der Waals surface area contributed by atoms with Gasteiger partial charge in [-0.2, -0.15) is 0 Å². The van der Waals surface area contributed by atoms with Crippen molar-refractivity contribution in [2.75, 3.05) is 19.0 Å². The molecular formula is C16H14FNO2. The average molecular weight is 271 g/mol. The standard InChI is InChI=1S/C16H14FNO2/c1-20-12-3-4-13(14(17)9-12)16(19)11-2-5-15-10(8-11)6-7-18-15/h2-5,8-9,18H,6-7H2,1H3. The lowest BCUT2D eigenvalue weighted by molar-refractivity contribution is 0.103. The van der Waals surface area contributed by atoms with Gasteiger partial charge < -0.3 is 10.1 Å². The average Bonchev–Trinajstić information content (AvgIpc) is 2.93. The van der Waals surface area contributed by atoms with Gasteiger partial charge in [0.15, 0.2) is 5.78 Å². The molecule has 0 aliphatic carbocycles. The van der Waals surface area contributed by atoms with Gasteiger partial charge in [0.2, 0.25) is 0 Å². The van der Waals surface area contributed by atoms with Crippen LogP contribution in [0.15, 0.2) is 36.4 Å². The molecule has 0 spiro atoms. The number of nitrogens with one attached hydrogen (secondary N) is 1. The number of carbonyl (C=O) groups excluding carboxylic acids is 1. The number of anilines is 1. The van der Waals surface area contributed by atoms with Crippen LogP contribution in [0.3, 0.4) is 0 Å². The Bertz CT molecular complexity index is 682. The molecule has 1 heterocycles. The van der Waals surface area contributed by atoms with Gasteiger partial charge in [-0.05, 0) is 42.3 Å². The maximum atomic E-state index is 13.9. The first-order valence-electron chi connectivity index (χ1n) is 6.44. The first-order chi connectivity index (χ1) is 9.69. The fraction of sp³-hybridized carbons (Fsp3) is 0.188. The van der Waals surface area contributed by atoms with Gasteiger partial charge in [0.05, 0.1) is 12.7 Å². The van der Waals surface area contributed by atoms with Gasteiger partial charge in [-0.1, -0.05) is 0 Å². The Balaban J connectivity index is 1.96. The summed E-state index contributed by atoms with van der Waals surface area (Å²) in [4.78, 5) is 12.4. The monoisotopic (exact) mass is 271 g/mol. The normalized spacial score (nSPS) is 12.7. The van der Waals surface area contributed by atoms with Crippen LogP contribution >= 0.6 is 0 Å². The number of ketones is 1. The highest BCUT2D eigenvalue weighted by Crippen LogP contribution is 2.25. The fourth-order valence-electron chi connectivity index (χ4n) is 2.41. The minimum Gasteiger partial charge on any atom is -0.497 e. The van der Waals surface area contributed by atoms with E-state index in [9.17, 15) is 9.18 Å². The summed E-state index contributed by atoms with van der Waals surface area (Å²) in [7, 11) is 1.46. The highest BCUT2D eigenvalue weighted by molar-refractivity contribution is 6.09. The van der Waals surface area contributed by atoms with Crippen molar-refractivity contribution in [3.8, 4) is 5.75 Å². The van der Waals surface area contributed by atoms with E-state index in [0.717, 1.165) is 24.2 Å². The number of rotatable bonds is 3. The summed E-state index contributed by atoms with van der Waals surface area (Å²) in [6.45, 7) is 0.879. The van der Waals surface area contributed by atoms with Gasteiger partial charge in [-0.3, -0.25) is 4.79 Å². The Morgan fingerprint density at radius 2 is 2.10 bits per heavy atom. The van der Waals surface area contributed by atoms with Crippen LogP contribution in [-0.2, 0) is 6.42 Å². The number of hydrogen-bond acceptors (Lipinski definition) is 3. The van der Waals surface area contributed by atoms with Gasteiger partial charge in [0, 0.05) is 23.9 Å². The molecule has 0 unspecified atom stereocenters. The summed E-state index contributed by atoms with van der Waals surface area (Å²) in [5, 5.41) is 3.23. The number of halogens is 1. The molecule has 2 aromatic carbocycles. The molecule has 0 atom stereocenters. The zero-order valence-electron chi connectivity index (χ0n) is 11.1. The molecule has 2 aromatic rings. The molecule has 0 saturated carbocycles. The van der Waals surface area contributed by atoms with Crippen LogP contribution < -0.4 is 10.1 Å². The van der Waals surface area contributed by atoms with Crippen molar-refractivity contribution in [2.45, 2.75) is 6.42 Å². The molecule has 102 valence electrons. The Morgan fingerprint density at radius 1 is 1.25 bits per heavy atom. The largest absolute Gasteiger partial charge is 0.497 e. The quantitative estimate of drug-likeness (QED) is 0.872. The van der Waals surface area contributed by atoms with E-state index in [-0.39, 0.29) is 11.3 Å². The molecule has 1 N–H and O–H groups in total. The van der Waals surface area contributed by atoms with Crippen LogP contribution in [0.4, 0.5) is 10.1 Å². The molecule has 20 heavy (non-hydrogen) atoms. The van der Waals surface area contributed by atoms with E-state index in [1.807, 2.05) is 12.1 Å². The number of carbonyl (C=O) groups is 1. The van der Waals surface area contributed by atoms with Gasteiger partial charge in [0.1, 0.15) is 11.6 Å². The second-order valence-corrected chi connectivity index (χ2v) is 4.72. The number of benzene rings is 2. The molecule has 0 saturated heterocycles. The minimum atomic E-state index is -0.562. The van der Waals surface area contributed by atoms with Crippen molar-refractivity contribution in [3.05, 3.63) is 58.9 Å². The topological polar surface area (TPSA) is 38.3 Å². The highest BCUT2D eigenvalue weighted by atomic mass is 19.1. The zero-order valence-corrected chi connectivity index (χ0v) is 11.1. The van der Waals surface area contributed by atoms with Crippen LogP contribution in [-0.4, -0.2) is 19.4 Å². The molecular weight excluding hydrogens is 257 g/mol. The lowest BCUT2D eigenvalue weighted by Crippen LogP contribution is -2.05. The van der Waals surface area contributed by atoms with Gasteiger partial charge in [0.25, 0.3) is 0 Å². The summed E-state index contributed by atoms with van der Waals surface area (Å²) < 4.78 is 18.9. The Labute approximate surface area is 116 Å². The fourth-order valence-corrected chi connectivity index (χ4v) is 2.41. The van der Waals surface area contributed by atoms with Crippen LogP contribution in [0.1, 0.15) is 21.5 Å². The van der Waals surface area contributed by atoms with Crippen molar-refractivity contribution >= 4 is 11.5 Å². The van der Waals surface area contributed by atoms with Crippen molar-refractivity contribution in [1.82, 2.24) is 0 Å². The van der Waals surface area contributed by atoms with E-state index in [1.54, 1.807) is 12.1 Å². The van der Waals surface area contributed by atoms with Crippen LogP contribution in [0, 0.1) is 5.82 Å². The maximum absolute atomic E-state index is 13.9. The molecule has 0 aromatic heterocycles. The van der Waals surface area contributed by atoms with E-state index >= 15 is 0 Å². The first kappa shape index (κ1) is 12.7. The van der Waals surface area contributed by atoms with Crippen LogP contribution in [0.2, 0.25) is 0 Å². The van der Waals surface area contributed by atoms with E-state index in [4.69, 9.17) is 4.74 Å². The summed E-state index contributed by atoms with van der Waals surface area (Å²) in [5.74, 6) is -0.468. The van der Waals surface area contributed by atoms with Crippen molar-refractivity contribution in [3.63, 3.8) is 0 Å². The third kappa shape index (κ3) is 2.13. The number of methoxy groups -OCH3 is 1. The Hall–Kier alpha value is -2.36. The molecule has 4 heteroatoms. The molecule has 1 aliphatic rings. The predicted octanol–water partition coefficient (Wildman–Crippen LogP) is 3.03. The molecule has 0 fully saturated rings. The number of fused-ring (bicyclic) bond motifs is 1. The molecule has 0 amide bonds. The smallest absolute Gasteiger partial charge is 0.195 e. The van der Waals surface area contributed by atoms with E-state index in [1.165, 1.54) is 19.2 Å². The number of hydrogen-bond donors (Lipinski definition) is 1. The lowest BCUT2D eigenvalue weighted by Gasteiger charge is -2.07. The van der Waals surface area contributed by atoms with E-state index in [2.05, 4.69) is 5.32 Å². The molecule has 0 radical (unpaired) electrons. The van der Waals surface area contributed by atoms with Crippen molar-refractivity contribution in [1.29, 1.82) is 0 Å². The minimum absolute atomic E-state index is 0.0664. The van der Waals surface area contributed by atoms with Gasteiger partial charge in [-0.25, -0.2) is 4.39 Å². The van der Waals surface area contributed by atoms with Gasteiger partial charge in [-0.15, -0.1) is 0 Å². The summed E-state index contributed by atoms with van der Waals surface area (Å²) in [6, 6.07) is 9.71. The molecule has 3 rings (SSSR count). The van der Waals surface area contributed by atoms with Crippen molar-refractivity contribution < 1.29 is 13.9 Å². The van der Waals surface area contributed by atoms with E-state index < -0.39 is 5.82 Å². The third-order valence-corrected chi connectivity index (χ3v) is 3.50. The summed E-state index contributed by atoms with van der Waals surface area (Å²) in [6.07, 6.45) is 0.890. The Kier molecular flexibility index (Phi) is 3.14. The highest BCUT2D eigenvalue weighted by Gasteiger charge is 2.17. The molecule has 3 nitrogen and oxygen atoms in total. The Morgan fingerprint density at radius 3 is 2.85 bits per heavy atom. The van der Waals surface area contributed by atoms with Crippen LogP contribution in [0.25, 0.3) is 0 Å². The second-order valence-electron chi connectivity index (χ2n) is 4.72. The molecule has 1 aliphatic heterocycles. The third-order valence-electron chi connectivity index (χ3n) is 3.50. The lowest BCUT2D eigenvalue weighted by atomic mass is 10.00. The SMILES string of the molecule is COc1ccc(C(=O)c2ccc3c(c2)CCN3)c(F)c1.